The maximum Gasteiger partial charge on any atom is 0.227 e. The summed E-state index contributed by atoms with van der Waals surface area (Å²) in [6.45, 7) is 3.00. The van der Waals surface area contributed by atoms with E-state index in [0.29, 0.717) is 6.42 Å². The molecule has 5 nitrogen and oxygen atoms in total. The molecule has 1 fully saturated rings. The lowest BCUT2D eigenvalue weighted by Gasteiger charge is -2.35. The van der Waals surface area contributed by atoms with Crippen LogP contribution in [-0.4, -0.2) is 47.0 Å². The Morgan fingerprint density at radius 1 is 0.852 bits per heavy atom. The first-order chi connectivity index (χ1) is 13.3. The van der Waals surface area contributed by atoms with E-state index in [4.69, 9.17) is 0 Å². The number of hydrogen-bond donors (Lipinski definition) is 0. The third-order valence-corrected chi connectivity index (χ3v) is 4.88. The fourth-order valence-corrected chi connectivity index (χ4v) is 3.35. The van der Waals surface area contributed by atoms with Gasteiger partial charge in [0.2, 0.25) is 5.91 Å². The number of carbonyl (C=O) groups is 1. The molecule has 0 N–H and O–H groups in total. The number of carbonyl (C=O) groups excluding carboxylic acids is 1. The van der Waals surface area contributed by atoms with Crippen LogP contribution in [0.25, 0.3) is 11.3 Å². The number of amides is 1. The first-order valence-electron chi connectivity index (χ1n) is 9.24. The van der Waals surface area contributed by atoms with Gasteiger partial charge < -0.3 is 9.80 Å². The number of aromatic nitrogens is 2. The Labute approximate surface area is 159 Å². The van der Waals surface area contributed by atoms with Gasteiger partial charge in [-0.2, -0.15) is 0 Å². The minimum absolute atomic E-state index is 0.188. The fourth-order valence-electron chi connectivity index (χ4n) is 3.35. The summed E-state index contributed by atoms with van der Waals surface area (Å²) in [5, 5.41) is 0. The van der Waals surface area contributed by atoms with Crippen LogP contribution in [0.1, 0.15) is 5.56 Å². The maximum atomic E-state index is 12.5. The van der Waals surface area contributed by atoms with Gasteiger partial charge in [-0.25, -0.2) is 9.97 Å². The van der Waals surface area contributed by atoms with Crippen LogP contribution < -0.4 is 4.90 Å². The van der Waals surface area contributed by atoms with Crippen molar-refractivity contribution >= 4 is 11.7 Å². The van der Waals surface area contributed by atoms with Gasteiger partial charge in [0.1, 0.15) is 12.1 Å². The second-order valence-electron chi connectivity index (χ2n) is 6.66. The summed E-state index contributed by atoms with van der Waals surface area (Å²) in [4.78, 5) is 25.5. The van der Waals surface area contributed by atoms with E-state index in [1.807, 2.05) is 71.6 Å². The van der Waals surface area contributed by atoms with Crippen LogP contribution >= 0.6 is 0 Å². The Kier molecular flexibility index (Phi) is 5.10. The topological polar surface area (TPSA) is 49.3 Å². The number of benzene rings is 2. The van der Waals surface area contributed by atoms with Gasteiger partial charge in [-0.3, -0.25) is 4.79 Å². The van der Waals surface area contributed by atoms with E-state index in [-0.39, 0.29) is 5.91 Å². The maximum absolute atomic E-state index is 12.5. The highest BCUT2D eigenvalue weighted by atomic mass is 16.2. The molecule has 1 saturated heterocycles. The molecule has 0 atom stereocenters. The minimum Gasteiger partial charge on any atom is -0.353 e. The van der Waals surface area contributed by atoms with Gasteiger partial charge in [0.15, 0.2) is 0 Å². The van der Waals surface area contributed by atoms with Crippen LogP contribution in [0, 0.1) is 0 Å². The summed E-state index contributed by atoms with van der Waals surface area (Å²) in [5.74, 6) is 1.10. The van der Waals surface area contributed by atoms with Crippen molar-refractivity contribution in [2.24, 2.45) is 0 Å². The van der Waals surface area contributed by atoms with Gasteiger partial charge >= 0.3 is 0 Å². The van der Waals surface area contributed by atoms with Crippen molar-refractivity contribution in [3.8, 4) is 11.3 Å². The Bertz CT molecular complexity index is 890. The lowest BCUT2D eigenvalue weighted by molar-refractivity contribution is -0.130. The largest absolute Gasteiger partial charge is 0.353 e. The predicted molar refractivity (Wildman–Crippen MR) is 106 cm³/mol. The highest BCUT2D eigenvalue weighted by Gasteiger charge is 2.22. The molecule has 0 unspecified atom stereocenters. The standard InChI is InChI=1S/C22H22N4O/c27-22(15-18-7-3-1-4-8-18)26-13-11-25(12-14-26)21-16-20(23-17-24-21)19-9-5-2-6-10-19/h1-10,16-17H,11-15H2. The van der Waals surface area contributed by atoms with E-state index in [1.165, 1.54) is 0 Å². The van der Waals surface area contributed by atoms with Crippen LogP contribution in [0.4, 0.5) is 5.82 Å². The van der Waals surface area contributed by atoms with E-state index in [9.17, 15) is 4.79 Å². The Balaban J connectivity index is 1.39. The molecule has 1 aromatic heterocycles. The molecule has 1 aliphatic rings. The molecule has 5 heteroatoms. The zero-order chi connectivity index (χ0) is 18.5. The molecule has 1 amide bonds. The highest BCUT2D eigenvalue weighted by Crippen LogP contribution is 2.21. The van der Waals surface area contributed by atoms with E-state index in [1.54, 1.807) is 6.33 Å². The van der Waals surface area contributed by atoms with Crippen molar-refractivity contribution < 1.29 is 4.79 Å². The average Bonchev–Trinajstić information content (AvgIpc) is 2.75. The number of rotatable bonds is 4. The average molecular weight is 358 g/mol. The van der Waals surface area contributed by atoms with Gasteiger partial charge in [-0.15, -0.1) is 0 Å². The molecule has 2 aromatic carbocycles. The van der Waals surface area contributed by atoms with Gasteiger partial charge in [0.25, 0.3) is 0 Å². The summed E-state index contributed by atoms with van der Waals surface area (Å²) in [5.41, 5.74) is 3.06. The molecule has 2 heterocycles. The van der Waals surface area contributed by atoms with E-state index >= 15 is 0 Å². The predicted octanol–water partition coefficient (Wildman–Crippen LogP) is 3.03. The molecule has 27 heavy (non-hydrogen) atoms. The van der Waals surface area contributed by atoms with Crippen LogP contribution in [0.15, 0.2) is 73.1 Å². The third kappa shape index (κ3) is 4.14. The van der Waals surface area contributed by atoms with Crippen molar-refractivity contribution in [1.82, 2.24) is 14.9 Å². The van der Waals surface area contributed by atoms with Crippen molar-refractivity contribution in [3.63, 3.8) is 0 Å². The van der Waals surface area contributed by atoms with Crippen molar-refractivity contribution in [2.75, 3.05) is 31.1 Å². The monoisotopic (exact) mass is 358 g/mol. The molecule has 0 radical (unpaired) electrons. The summed E-state index contributed by atoms with van der Waals surface area (Å²) >= 11 is 0. The number of piperazine rings is 1. The van der Waals surface area contributed by atoms with Gasteiger partial charge in [-0.05, 0) is 5.56 Å². The van der Waals surface area contributed by atoms with Crippen molar-refractivity contribution in [2.45, 2.75) is 6.42 Å². The van der Waals surface area contributed by atoms with Gasteiger partial charge in [0.05, 0.1) is 12.1 Å². The molecule has 3 aromatic rings. The molecule has 4 rings (SSSR count). The van der Waals surface area contributed by atoms with Crippen LogP contribution in [0.2, 0.25) is 0 Å². The highest BCUT2D eigenvalue weighted by molar-refractivity contribution is 5.79. The minimum atomic E-state index is 0.188. The molecule has 0 bridgehead atoms. The first kappa shape index (κ1) is 17.2. The summed E-state index contributed by atoms with van der Waals surface area (Å²) < 4.78 is 0. The van der Waals surface area contributed by atoms with Crippen LogP contribution in [0.5, 0.6) is 0 Å². The second kappa shape index (κ2) is 7.99. The molecule has 1 aliphatic heterocycles. The molecule has 136 valence electrons. The Hall–Kier alpha value is -3.21. The van der Waals surface area contributed by atoms with E-state index in [0.717, 1.165) is 48.8 Å². The van der Waals surface area contributed by atoms with E-state index < -0.39 is 0 Å². The normalized spacial score (nSPS) is 14.2. The van der Waals surface area contributed by atoms with E-state index in [2.05, 4.69) is 14.9 Å². The van der Waals surface area contributed by atoms with Crippen LogP contribution in [0.3, 0.4) is 0 Å². The van der Waals surface area contributed by atoms with Gasteiger partial charge in [-0.1, -0.05) is 60.7 Å². The summed E-state index contributed by atoms with van der Waals surface area (Å²) in [6.07, 6.45) is 2.08. The fraction of sp³-hybridized carbons (Fsp3) is 0.227. The quantitative estimate of drug-likeness (QED) is 0.719. The smallest absolute Gasteiger partial charge is 0.227 e. The lowest BCUT2D eigenvalue weighted by Crippen LogP contribution is -2.49. The van der Waals surface area contributed by atoms with Crippen LogP contribution in [-0.2, 0) is 11.2 Å². The molecule has 0 spiro atoms. The Morgan fingerprint density at radius 3 is 2.22 bits per heavy atom. The third-order valence-electron chi connectivity index (χ3n) is 4.88. The lowest BCUT2D eigenvalue weighted by atomic mass is 10.1. The molecular formula is C22H22N4O. The zero-order valence-electron chi connectivity index (χ0n) is 15.2. The van der Waals surface area contributed by atoms with Crippen molar-refractivity contribution in [3.05, 3.63) is 78.6 Å². The molecular weight excluding hydrogens is 336 g/mol. The van der Waals surface area contributed by atoms with Crippen molar-refractivity contribution in [1.29, 1.82) is 0 Å². The second-order valence-corrected chi connectivity index (χ2v) is 6.66. The molecule has 0 saturated carbocycles. The SMILES string of the molecule is O=C(Cc1ccccc1)N1CCN(c2cc(-c3ccccc3)ncn2)CC1. The summed E-state index contributed by atoms with van der Waals surface area (Å²) in [7, 11) is 0. The number of nitrogens with zero attached hydrogens (tertiary/aromatic N) is 4. The Morgan fingerprint density at radius 2 is 1.52 bits per heavy atom. The summed E-state index contributed by atoms with van der Waals surface area (Å²) in [6, 6.07) is 22.0. The molecule has 0 aliphatic carbocycles. The zero-order valence-corrected chi connectivity index (χ0v) is 15.2. The first-order valence-corrected chi connectivity index (χ1v) is 9.24. The number of anilines is 1. The van der Waals surface area contributed by atoms with Gasteiger partial charge in [0, 0.05) is 37.8 Å². The number of hydrogen-bond acceptors (Lipinski definition) is 4.